The fraction of sp³-hybridized carbons (Fsp3) is 0.200. The second-order valence-electron chi connectivity index (χ2n) is 3.36. The zero-order valence-electron chi connectivity index (χ0n) is 9.07. The molecule has 2 heterocycles. The Bertz CT molecular complexity index is 574. The molecular weight excluding hydrogens is 287 g/mol. The first-order valence-corrected chi connectivity index (χ1v) is 5.53. The topological polar surface area (TPSA) is 39.9 Å². The van der Waals surface area contributed by atoms with E-state index in [-0.39, 0.29) is 11.0 Å². The maximum absolute atomic E-state index is 12.1. The molecular formula is C10H7Cl2F2N3O. The molecule has 0 atom stereocenters. The lowest BCUT2D eigenvalue weighted by Gasteiger charge is -2.01. The molecule has 0 fully saturated rings. The summed E-state index contributed by atoms with van der Waals surface area (Å²) in [6.07, 6.45) is 1.42. The van der Waals surface area contributed by atoms with Crippen molar-refractivity contribution in [3.63, 3.8) is 0 Å². The van der Waals surface area contributed by atoms with Gasteiger partial charge in [0.2, 0.25) is 5.88 Å². The number of rotatable bonds is 3. The summed E-state index contributed by atoms with van der Waals surface area (Å²) in [6.45, 7) is -2.91. The lowest BCUT2D eigenvalue weighted by molar-refractivity contribution is -0.0553. The summed E-state index contributed by atoms with van der Waals surface area (Å²) >= 11 is 11.6. The maximum Gasteiger partial charge on any atom is 0.388 e. The molecule has 0 aliphatic heterocycles. The van der Waals surface area contributed by atoms with Gasteiger partial charge < -0.3 is 4.74 Å². The molecule has 0 aliphatic rings. The molecule has 2 aromatic heterocycles. The molecule has 0 amide bonds. The summed E-state index contributed by atoms with van der Waals surface area (Å²) in [7, 11) is 1.48. The van der Waals surface area contributed by atoms with E-state index in [0.717, 1.165) is 0 Å². The van der Waals surface area contributed by atoms with Crippen molar-refractivity contribution in [2.45, 2.75) is 6.61 Å². The number of ether oxygens (including phenoxy) is 1. The Balaban J connectivity index is 2.39. The first-order chi connectivity index (χ1) is 8.47. The van der Waals surface area contributed by atoms with E-state index in [1.54, 1.807) is 0 Å². The van der Waals surface area contributed by atoms with E-state index in [9.17, 15) is 8.78 Å². The second kappa shape index (κ2) is 5.07. The standard InChI is InChI=1S/C10H7Cl2F2N3O/c1-17-9(18-10(13)14)3-7(16-17)5-4-15-8(12)2-6(5)11/h2-4,10H,1H3. The molecule has 0 bridgehead atoms. The van der Waals surface area contributed by atoms with Crippen molar-refractivity contribution in [3.8, 4) is 17.1 Å². The van der Waals surface area contributed by atoms with E-state index in [1.807, 2.05) is 0 Å². The number of pyridine rings is 1. The van der Waals surface area contributed by atoms with E-state index < -0.39 is 6.61 Å². The Morgan fingerprint density at radius 1 is 1.33 bits per heavy atom. The highest BCUT2D eigenvalue weighted by Gasteiger charge is 2.14. The Morgan fingerprint density at radius 3 is 2.67 bits per heavy atom. The summed E-state index contributed by atoms with van der Waals surface area (Å²) < 4.78 is 29.7. The van der Waals surface area contributed by atoms with Gasteiger partial charge in [-0.1, -0.05) is 23.2 Å². The van der Waals surface area contributed by atoms with Gasteiger partial charge in [-0.25, -0.2) is 9.67 Å². The molecule has 4 nitrogen and oxygen atoms in total. The van der Waals surface area contributed by atoms with Crippen LogP contribution in [0.4, 0.5) is 8.78 Å². The predicted molar refractivity (Wildman–Crippen MR) is 63.1 cm³/mol. The molecule has 18 heavy (non-hydrogen) atoms. The predicted octanol–water partition coefficient (Wildman–Crippen LogP) is 3.39. The van der Waals surface area contributed by atoms with Crippen molar-refractivity contribution in [1.29, 1.82) is 0 Å². The molecule has 0 radical (unpaired) electrons. The van der Waals surface area contributed by atoms with E-state index in [4.69, 9.17) is 23.2 Å². The first kappa shape index (κ1) is 13.0. The number of alkyl halides is 2. The Labute approximate surface area is 111 Å². The number of hydrogen-bond acceptors (Lipinski definition) is 3. The smallest absolute Gasteiger partial charge is 0.388 e. The van der Waals surface area contributed by atoms with Crippen molar-refractivity contribution >= 4 is 23.2 Å². The third-order valence-corrected chi connectivity index (χ3v) is 2.66. The van der Waals surface area contributed by atoms with E-state index >= 15 is 0 Å². The third kappa shape index (κ3) is 2.70. The monoisotopic (exact) mass is 293 g/mol. The second-order valence-corrected chi connectivity index (χ2v) is 4.15. The minimum atomic E-state index is -2.91. The molecule has 96 valence electrons. The van der Waals surface area contributed by atoms with Crippen LogP contribution in [-0.2, 0) is 7.05 Å². The van der Waals surface area contributed by atoms with Crippen molar-refractivity contribution in [1.82, 2.24) is 14.8 Å². The van der Waals surface area contributed by atoms with Crippen LogP contribution >= 0.6 is 23.2 Å². The molecule has 0 saturated carbocycles. The van der Waals surface area contributed by atoms with Crippen LogP contribution in [0.3, 0.4) is 0 Å². The summed E-state index contributed by atoms with van der Waals surface area (Å²) in [4.78, 5) is 3.86. The van der Waals surface area contributed by atoms with Crippen LogP contribution in [0.5, 0.6) is 5.88 Å². The van der Waals surface area contributed by atoms with Crippen LogP contribution in [0.1, 0.15) is 0 Å². The van der Waals surface area contributed by atoms with Crippen LogP contribution in [0.15, 0.2) is 18.3 Å². The number of hydrogen-bond donors (Lipinski definition) is 0. The van der Waals surface area contributed by atoms with Crippen LogP contribution in [0.2, 0.25) is 10.2 Å². The molecule has 0 spiro atoms. The van der Waals surface area contributed by atoms with E-state index in [1.165, 1.54) is 30.1 Å². The van der Waals surface area contributed by atoms with Gasteiger partial charge in [-0.2, -0.15) is 13.9 Å². The van der Waals surface area contributed by atoms with Gasteiger partial charge in [0.05, 0.1) is 10.7 Å². The van der Waals surface area contributed by atoms with Crippen molar-refractivity contribution < 1.29 is 13.5 Å². The molecule has 2 rings (SSSR count). The molecule has 0 aromatic carbocycles. The lowest BCUT2D eigenvalue weighted by atomic mass is 10.2. The van der Waals surface area contributed by atoms with Gasteiger partial charge in [0.1, 0.15) is 5.15 Å². The average Bonchev–Trinajstić information content (AvgIpc) is 2.59. The highest BCUT2D eigenvalue weighted by atomic mass is 35.5. The van der Waals surface area contributed by atoms with Crippen LogP contribution in [-0.4, -0.2) is 21.4 Å². The van der Waals surface area contributed by atoms with E-state index in [0.29, 0.717) is 16.3 Å². The van der Waals surface area contributed by atoms with E-state index in [2.05, 4.69) is 14.8 Å². The molecule has 0 N–H and O–H groups in total. The van der Waals surface area contributed by atoms with Crippen molar-refractivity contribution in [3.05, 3.63) is 28.5 Å². The minimum absolute atomic E-state index is 0.0639. The summed E-state index contributed by atoms with van der Waals surface area (Å²) in [5, 5.41) is 4.59. The average molecular weight is 294 g/mol. The molecule has 8 heteroatoms. The highest BCUT2D eigenvalue weighted by molar-refractivity contribution is 6.35. The molecule has 0 unspecified atom stereocenters. The largest absolute Gasteiger partial charge is 0.417 e. The first-order valence-electron chi connectivity index (χ1n) is 4.77. The fourth-order valence-electron chi connectivity index (χ4n) is 1.38. The van der Waals surface area contributed by atoms with Gasteiger partial charge in [-0.15, -0.1) is 0 Å². The molecule has 2 aromatic rings. The maximum atomic E-state index is 12.1. The van der Waals surface area contributed by atoms with Gasteiger partial charge in [0.25, 0.3) is 0 Å². The summed E-state index contributed by atoms with van der Waals surface area (Å²) in [5.41, 5.74) is 0.864. The molecule has 0 aliphatic carbocycles. The van der Waals surface area contributed by atoms with Gasteiger partial charge in [-0.05, 0) is 6.07 Å². The van der Waals surface area contributed by atoms with Crippen LogP contribution < -0.4 is 4.74 Å². The van der Waals surface area contributed by atoms with Gasteiger partial charge in [-0.3, -0.25) is 0 Å². The van der Waals surface area contributed by atoms with Gasteiger partial charge in [0, 0.05) is 24.9 Å². The Hall–Kier alpha value is -1.40. The fourth-order valence-corrected chi connectivity index (χ4v) is 1.84. The van der Waals surface area contributed by atoms with Gasteiger partial charge >= 0.3 is 6.61 Å². The zero-order chi connectivity index (χ0) is 13.3. The SMILES string of the molecule is Cn1nc(-c2cnc(Cl)cc2Cl)cc1OC(F)F. The minimum Gasteiger partial charge on any atom is -0.417 e. The summed E-state index contributed by atoms with van der Waals surface area (Å²) in [5.74, 6) is -0.0639. The number of aromatic nitrogens is 3. The number of halogens is 4. The van der Waals surface area contributed by atoms with Crippen LogP contribution in [0, 0.1) is 0 Å². The van der Waals surface area contributed by atoms with Crippen LogP contribution in [0.25, 0.3) is 11.3 Å². The number of nitrogens with zero attached hydrogens (tertiary/aromatic N) is 3. The number of aryl methyl sites for hydroxylation is 1. The Kier molecular flexibility index (Phi) is 3.68. The normalized spacial score (nSPS) is 11.0. The van der Waals surface area contributed by atoms with Crippen molar-refractivity contribution in [2.75, 3.05) is 0 Å². The Morgan fingerprint density at radius 2 is 2.06 bits per heavy atom. The zero-order valence-corrected chi connectivity index (χ0v) is 10.6. The summed E-state index contributed by atoms with van der Waals surface area (Å²) in [6, 6.07) is 2.80. The van der Waals surface area contributed by atoms with Crippen molar-refractivity contribution in [2.24, 2.45) is 7.05 Å². The van der Waals surface area contributed by atoms with Gasteiger partial charge in [0.15, 0.2) is 0 Å². The lowest BCUT2D eigenvalue weighted by Crippen LogP contribution is -2.05. The molecule has 0 saturated heterocycles. The quantitative estimate of drug-likeness (QED) is 0.815. The highest BCUT2D eigenvalue weighted by Crippen LogP contribution is 2.30. The third-order valence-electron chi connectivity index (χ3n) is 2.14.